The highest BCUT2D eigenvalue weighted by atomic mass is 19.4. The van der Waals surface area contributed by atoms with Gasteiger partial charge in [0, 0.05) is 11.1 Å². The van der Waals surface area contributed by atoms with Crippen molar-refractivity contribution < 1.29 is 30.9 Å². The Hall–Kier alpha value is -3.29. The molecule has 0 atom stereocenters. The van der Waals surface area contributed by atoms with Gasteiger partial charge in [0.15, 0.2) is 11.0 Å². The van der Waals surface area contributed by atoms with Gasteiger partial charge in [0.2, 0.25) is 0 Å². The zero-order valence-corrected chi connectivity index (χ0v) is 15.9. The highest BCUT2D eigenvalue weighted by Crippen LogP contribution is 2.42. The number of halogens is 6. The van der Waals surface area contributed by atoms with Crippen LogP contribution in [-0.4, -0.2) is 4.57 Å². The van der Waals surface area contributed by atoms with E-state index in [0.717, 1.165) is 12.1 Å². The minimum absolute atomic E-state index is 0.00269. The number of benzene rings is 3. The Morgan fingerprint density at radius 2 is 1.39 bits per heavy atom. The van der Waals surface area contributed by atoms with E-state index in [2.05, 4.69) is 0 Å². The van der Waals surface area contributed by atoms with Crippen molar-refractivity contribution in [3.63, 3.8) is 0 Å². The van der Waals surface area contributed by atoms with Crippen LogP contribution in [0.3, 0.4) is 0 Å². The van der Waals surface area contributed by atoms with Crippen molar-refractivity contribution in [3.05, 3.63) is 89.0 Å². The zero-order chi connectivity index (χ0) is 22.0. The summed E-state index contributed by atoms with van der Waals surface area (Å²) < 4.78 is 85.4. The fraction of sp³-hybridized carbons (Fsp3) is 0.174. The molecule has 5 rings (SSSR count). The Morgan fingerprint density at radius 3 is 2.13 bits per heavy atom. The maximum atomic E-state index is 13.8. The first-order valence-electron chi connectivity index (χ1n) is 9.52. The fourth-order valence-electron chi connectivity index (χ4n) is 4.39. The summed E-state index contributed by atoms with van der Waals surface area (Å²) >= 11 is 0. The van der Waals surface area contributed by atoms with Crippen LogP contribution in [0.2, 0.25) is 0 Å². The lowest BCUT2D eigenvalue weighted by molar-refractivity contribution is -0.646. The summed E-state index contributed by atoms with van der Waals surface area (Å²) in [7, 11) is 0. The predicted octanol–water partition coefficient (Wildman–Crippen LogP) is 6.04. The maximum Gasteiger partial charge on any atom is 0.417 e. The van der Waals surface area contributed by atoms with Crippen molar-refractivity contribution in [2.24, 2.45) is 0 Å². The topological polar surface area (TPSA) is 8.81 Å². The Kier molecular flexibility index (Phi) is 4.19. The Labute approximate surface area is 173 Å². The third kappa shape index (κ3) is 3.08. The van der Waals surface area contributed by atoms with E-state index in [4.69, 9.17) is 0 Å². The summed E-state index contributed by atoms with van der Waals surface area (Å²) in [4.78, 5) is 0. The number of aromatic nitrogens is 2. The second-order valence-corrected chi connectivity index (χ2v) is 7.48. The van der Waals surface area contributed by atoms with Crippen LogP contribution in [0.25, 0.3) is 22.4 Å². The van der Waals surface area contributed by atoms with Gasteiger partial charge in [-0.1, -0.05) is 42.5 Å². The van der Waals surface area contributed by atoms with Crippen molar-refractivity contribution in [1.29, 1.82) is 0 Å². The first-order valence-corrected chi connectivity index (χ1v) is 9.52. The molecule has 0 fully saturated rings. The predicted molar refractivity (Wildman–Crippen MR) is 102 cm³/mol. The van der Waals surface area contributed by atoms with Crippen LogP contribution in [-0.2, 0) is 25.4 Å². The molecule has 158 valence electrons. The molecule has 4 aromatic rings. The van der Waals surface area contributed by atoms with Crippen LogP contribution >= 0.6 is 0 Å². The van der Waals surface area contributed by atoms with Crippen LogP contribution in [0, 0.1) is 0 Å². The van der Waals surface area contributed by atoms with E-state index in [1.165, 1.54) is 24.3 Å². The number of hydrogen-bond acceptors (Lipinski definition) is 0. The van der Waals surface area contributed by atoms with E-state index in [1.54, 1.807) is 39.5 Å². The van der Waals surface area contributed by atoms with E-state index < -0.39 is 23.5 Å². The van der Waals surface area contributed by atoms with Crippen LogP contribution in [0.4, 0.5) is 26.3 Å². The molecule has 3 aromatic carbocycles. The maximum absolute atomic E-state index is 13.8. The molecule has 1 aromatic heterocycles. The van der Waals surface area contributed by atoms with Crippen molar-refractivity contribution in [3.8, 4) is 11.4 Å². The van der Waals surface area contributed by atoms with Crippen molar-refractivity contribution >= 4 is 11.0 Å². The van der Waals surface area contributed by atoms with Crippen molar-refractivity contribution in [1.82, 2.24) is 4.57 Å². The molecule has 31 heavy (non-hydrogen) atoms. The molecule has 0 spiro atoms. The first-order chi connectivity index (χ1) is 14.7. The monoisotopic (exact) mass is 433 g/mol. The van der Waals surface area contributed by atoms with Gasteiger partial charge in [-0.15, -0.1) is 0 Å². The van der Waals surface area contributed by atoms with Crippen LogP contribution in [0.15, 0.2) is 66.7 Å². The molecule has 2 heterocycles. The molecule has 1 aliphatic rings. The van der Waals surface area contributed by atoms with Crippen molar-refractivity contribution in [2.45, 2.75) is 25.4 Å². The van der Waals surface area contributed by atoms with Gasteiger partial charge in [-0.25, -0.2) is 9.13 Å². The van der Waals surface area contributed by atoms with E-state index in [1.807, 2.05) is 0 Å². The lowest BCUT2D eigenvalue weighted by Crippen LogP contribution is -2.31. The molecule has 1 aliphatic heterocycles. The Morgan fingerprint density at radius 1 is 0.742 bits per heavy atom. The number of alkyl halides is 6. The molecule has 0 saturated carbocycles. The number of nitrogens with zero attached hydrogens (tertiary/aromatic N) is 2. The number of hydrogen-bond donors (Lipinski definition) is 0. The first kappa shape index (κ1) is 19.7. The van der Waals surface area contributed by atoms with Gasteiger partial charge >= 0.3 is 12.4 Å². The summed E-state index contributed by atoms with van der Waals surface area (Å²) in [5.74, 6) is 0.265. The average molecular weight is 433 g/mol. The van der Waals surface area contributed by atoms with Gasteiger partial charge < -0.3 is 0 Å². The van der Waals surface area contributed by atoms with Gasteiger partial charge in [0.25, 0.3) is 5.82 Å². The molecule has 0 aliphatic carbocycles. The molecule has 0 unspecified atom stereocenters. The van der Waals surface area contributed by atoms with E-state index in [-0.39, 0.29) is 30.0 Å². The van der Waals surface area contributed by atoms with Gasteiger partial charge in [-0.05, 0) is 24.3 Å². The minimum atomic E-state index is -4.58. The molecule has 8 heteroatoms. The Balaban J connectivity index is 1.79. The van der Waals surface area contributed by atoms with Crippen molar-refractivity contribution in [2.75, 3.05) is 0 Å². The molecular weight excluding hydrogens is 418 g/mol. The van der Waals surface area contributed by atoms with E-state index in [9.17, 15) is 26.3 Å². The summed E-state index contributed by atoms with van der Waals surface area (Å²) in [5.41, 5.74) is 0.183. The van der Waals surface area contributed by atoms with Crippen LogP contribution in [0.1, 0.15) is 22.3 Å². The molecule has 0 N–H and O–H groups in total. The quantitative estimate of drug-likeness (QED) is 0.237. The molecular formula is C23H15F6N2+. The van der Waals surface area contributed by atoms with Crippen LogP contribution in [0.5, 0.6) is 0 Å². The highest BCUT2D eigenvalue weighted by Gasteiger charge is 2.43. The highest BCUT2D eigenvalue weighted by molar-refractivity contribution is 5.79. The normalized spacial score (nSPS) is 13.5. The fourth-order valence-corrected chi connectivity index (χ4v) is 4.39. The third-order valence-electron chi connectivity index (χ3n) is 5.63. The van der Waals surface area contributed by atoms with E-state index >= 15 is 0 Å². The van der Waals surface area contributed by atoms with Gasteiger partial charge in [-0.3, -0.25) is 0 Å². The largest absolute Gasteiger partial charge is 0.417 e. The van der Waals surface area contributed by atoms with Gasteiger partial charge in [-0.2, -0.15) is 26.3 Å². The second kappa shape index (κ2) is 6.60. The lowest BCUT2D eigenvalue weighted by Gasteiger charge is -2.13. The zero-order valence-electron chi connectivity index (χ0n) is 15.9. The molecule has 0 saturated heterocycles. The molecule has 2 nitrogen and oxygen atoms in total. The number of rotatable bonds is 2. The smallest absolute Gasteiger partial charge is 0.219 e. The minimum Gasteiger partial charge on any atom is -0.219 e. The summed E-state index contributed by atoms with van der Waals surface area (Å²) in [6, 6.07) is 16.1. The standard InChI is InChI=1S/C23H15F6N2/c24-22(25,26)16-8-2-1-6-14(16)12-30-18-10-3-4-11-19(18)31-13-15-7-5-9-17(23(27,28)29)20(15)21(30)31/h1-11H,12-13H2/q+1. The number of imidazole rings is 1. The second-order valence-electron chi connectivity index (χ2n) is 7.48. The number of fused-ring (bicyclic) bond motifs is 5. The van der Waals surface area contributed by atoms with E-state index in [0.29, 0.717) is 16.6 Å². The molecule has 0 radical (unpaired) electrons. The SMILES string of the molecule is FC(F)(F)c1ccccc1Cn1c2[n+](c3ccccc31)Cc1cccc(C(F)(F)F)c1-2. The molecule has 0 bridgehead atoms. The molecule has 0 amide bonds. The average Bonchev–Trinajstić information content (AvgIpc) is 3.23. The van der Waals surface area contributed by atoms with Crippen LogP contribution < -0.4 is 4.57 Å². The Bertz CT molecular complexity index is 1310. The summed E-state index contributed by atoms with van der Waals surface area (Å²) in [6.45, 7) is 0.0210. The summed E-state index contributed by atoms with van der Waals surface area (Å²) in [5, 5.41) is 0. The lowest BCUT2D eigenvalue weighted by atomic mass is 10.0. The number of para-hydroxylation sites is 2. The van der Waals surface area contributed by atoms with Gasteiger partial charge in [0.1, 0.15) is 13.1 Å². The van der Waals surface area contributed by atoms with Gasteiger partial charge in [0.05, 0.1) is 16.7 Å². The third-order valence-corrected chi connectivity index (χ3v) is 5.63. The summed E-state index contributed by atoms with van der Waals surface area (Å²) in [6.07, 6.45) is -9.15.